The molecule has 5 heterocycles. The van der Waals surface area contributed by atoms with E-state index in [0.29, 0.717) is 30.8 Å². The standard InChI is InChI=1S/C20H27N5O2S/c1-13-24-14(10-28-13)2-3-19(26)22-7-16-17-9-25(8-15-6-21-12-23-15)11-20(17)5-4-18(16)27-20/h6,10,12,16-18H,2-5,7-9,11H2,1H3,(H,21,23)(H,22,26)/t16-,17+,18+,20+/m0/s1. The zero-order valence-corrected chi connectivity index (χ0v) is 17.0. The van der Waals surface area contributed by atoms with Gasteiger partial charge >= 0.3 is 0 Å². The van der Waals surface area contributed by atoms with Crippen molar-refractivity contribution in [1.29, 1.82) is 0 Å². The Kier molecular flexibility index (Phi) is 4.72. The fourth-order valence-corrected chi connectivity index (χ4v) is 6.02. The molecule has 1 amide bonds. The third-order valence-electron chi connectivity index (χ3n) is 6.61. The van der Waals surface area contributed by atoms with Crippen LogP contribution in [0, 0.1) is 18.8 Å². The Morgan fingerprint density at radius 3 is 3.25 bits per heavy atom. The number of aromatic amines is 1. The first kappa shape index (κ1) is 18.3. The highest BCUT2D eigenvalue weighted by atomic mass is 32.1. The van der Waals surface area contributed by atoms with E-state index in [4.69, 9.17) is 4.74 Å². The van der Waals surface area contributed by atoms with Crippen molar-refractivity contribution < 1.29 is 9.53 Å². The topological polar surface area (TPSA) is 83.1 Å². The molecule has 0 aliphatic carbocycles. The van der Waals surface area contributed by atoms with Crippen LogP contribution in [0.25, 0.3) is 0 Å². The van der Waals surface area contributed by atoms with Crippen molar-refractivity contribution in [3.05, 3.63) is 34.3 Å². The predicted octanol–water partition coefficient (Wildman–Crippen LogP) is 1.90. The number of carbonyl (C=O) groups excluding carboxylic acids is 1. The van der Waals surface area contributed by atoms with Crippen LogP contribution in [-0.4, -0.2) is 57.1 Å². The molecule has 7 nitrogen and oxygen atoms in total. The third kappa shape index (κ3) is 3.38. The van der Waals surface area contributed by atoms with Crippen LogP contribution in [0.5, 0.6) is 0 Å². The van der Waals surface area contributed by atoms with Crippen molar-refractivity contribution in [2.24, 2.45) is 11.8 Å². The largest absolute Gasteiger partial charge is 0.370 e. The Morgan fingerprint density at radius 2 is 2.46 bits per heavy atom. The van der Waals surface area contributed by atoms with Gasteiger partial charge in [0.2, 0.25) is 5.91 Å². The summed E-state index contributed by atoms with van der Waals surface area (Å²) in [7, 11) is 0. The molecule has 2 aromatic heterocycles. The number of nitrogens with one attached hydrogen (secondary N) is 2. The maximum Gasteiger partial charge on any atom is 0.220 e. The minimum atomic E-state index is -0.00178. The van der Waals surface area contributed by atoms with Gasteiger partial charge < -0.3 is 15.0 Å². The summed E-state index contributed by atoms with van der Waals surface area (Å²) >= 11 is 1.64. The van der Waals surface area contributed by atoms with Gasteiger partial charge in [0.1, 0.15) is 0 Å². The molecule has 2 aromatic rings. The molecule has 1 spiro atoms. The van der Waals surface area contributed by atoms with Gasteiger partial charge in [0.15, 0.2) is 0 Å². The maximum absolute atomic E-state index is 12.4. The average molecular weight is 402 g/mol. The molecule has 3 saturated heterocycles. The minimum absolute atomic E-state index is 0.00178. The molecule has 28 heavy (non-hydrogen) atoms. The predicted molar refractivity (Wildman–Crippen MR) is 106 cm³/mol. The second-order valence-corrected chi connectivity index (χ2v) is 9.50. The van der Waals surface area contributed by atoms with E-state index in [9.17, 15) is 4.79 Å². The molecule has 150 valence electrons. The van der Waals surface area contributed by atoms with Crippen molar-refractivity contribution in [3.63, 3.8) is 0 Å². The van der Waals surface area contributed by atoms with Crippen LogP contribution in [0.2, 0.25) is 0 Å². The number of hydrogen-bond acceptors (Lipinski definition) is 6. The van der Waals surface area contributed by atoms with E-state index in [0.717, 1.165) is 55.4 Å². The van der Waals surface area contributed by atoms with Crippen molar-refractivity contribution >= 4 is 17.2 Å². The lowest BCUT2D eigenvalue weighted by molar-refractivity contribution is -0.121. The van der Waals surface area contributed by atoms with Gasteiger partial charge in [-0.3, -0.25) is 9.69 Å². The molecule has 5 rings (SSSR count). The molecule has 2 N–H and O–H groups in total. The van der Waals surface area contributed by atoms with E-state index in [-0.39, 0.29) is 11.5 Å². The van der Waals surface area contributed by atoms with Gasteiger partial charge in [0, 0.05) is 61.7 Å². The molecule has 0 unspecified atom stereocenters. The zero-order chi connectivity index (χ0) is 19.1. The number of likely N-dealkylation sites (tertiary alicyclic amines) is 1. The molecule has 8 heteroatoms. The smallest absolute Gasteiger partial charge is 0.220 e. The highest BCUT2D eigenvalue weighted by Crippen LogP contribution is 2.54. The van der Waals surface area contributed by atoms with E-state index >= 15 is 0 Å². The summed E-state index contributed by atoms with van der Waals surface area (Å²) in [5.41, 5.74) is 2.16. The lowest BCUT2D eigenvalue weighted by Gasteiger charge is -2.29. The summed E-state index contributed by atoms with van der Waals surface area (Å²) in [4.78, 5) is 26.6. The lowest BCUT2D eigenvalue weighted by Crippen LogP contribution is -2.41. The number of aromatic nitrogens is 3. The summed E-state index contributed by atoms with van der Waals surface area (Å²) in [6.07, 6.45) is 7.42. The molecule has 0 radical (unpaired) electrons. The molecule has 4 atom stereocenters. The third-order valence-corrected chi connectivity index (χ3v) is 7.44. The highest BCUT2D eigenvalue weighted by molar-refractivity contribution is 7.09. The number of imidazole rings is 1. The zero-order valence-electron chi connectivity index (χ0n) is 16.2. The van der Waals surface area contributed by atoms with Crippen molar-refractivity contribution in [3.8, 4) is 0 Å². The Labute approximate surface area is 168 Å². The first-order chi connectivity index (χ1) is 13.6. The quantitative estimate of drug-likeness (QED) is 0.740. The van der Waals surface area contributed by atoms with E-state index < -0.39 is 0 Å². The number of hydrogen-bond donors (Lipinski definition) is 2. The second kappa shape index (κ2) is 7.24. The van der Waals surface area contributed by atoms with E-state index in [1.165, 1.54) is 0 Å². The number of carbonyl (C=O) groups is 1. The molecule has 2 bridgehead atoms. The Balaban J connectivity index is 1.15. The number of thiazole rings is 1. The molecule has 0 aromatic carbocycles. The van der Waals surface area contributed by atoms with Gasteiger partial charge in [-0.25, -0.2) is 9.97 Å². The molecule has 3 fully saturated rings. The number of ether oxygens (including phenoxy) is 1. The fraction of sp³-hybridized carbons (Fsp3) is 0.650. The molecular weight excluding hydrogens is 374 g/mol. The summed E-state index contributed by atoms with van der Waals surface area (Å²) in [6.45, 7) is 5.63. The van der Waals surface area contributed by atoms with Crippen LogP contribution in [0.15, 0.2) is 17.9 Å². The Morgan fingerprint density at radius 1 is 1.54 bits per heavy atom. The highest BCUT2D eigenvalue weighted by Gasteiger charge is 2.62. The van der Waals surface area contributed by atoms with Gasteiger partial charge in [0.05, 0.1) is 28.7 Å². The molecule has 0 saturated carbocycles. The maximum atomic E-state index is 12.4. The SMILES string of the molecule is Cc1nc(CCC(=O)NC[C@H]2[C@H]3CN(Cc4cnc[nH]4)C[C@]34CC[C@H]2O4)cs1. The number of rotatable bonds is 7. The number of amides is 1. The van der Waals surface area contributed by atoms with Crippen LogP contribution in [0.1, 0.15) is 35.7 Å². The first-order valence-electron chi connectivity index (χ1n) is 10.2. The van der Waals surface area contributed by atoms with Crippen molar-refractivity contribution in [2.75, 3.05) is 19.6 Å². The summed E-state index contributed by atoms with van der Waals surface area (Å²) < 4.78 is 6.48. The summed E-state index contributed by atoms with van der Waals surface area (Å²) in [5.74, 6) is 1.05. The van der Waals surface area contributed by atoms with Crippen LogP contribution in [-0.2, 0) is 22.5 Å². The van der Waals surface area contributed by atoms with Crippen LogP contribution in [0.3, 0.4) is 0 Å². The number of aryl methyl sites for hydroxylation is 2. The molecule has 3 aliphatic rings. The fourth-order valence-electron chi connectivity index (χ4n) is 5.38. The number of nitrogens with zero attached hydrogens (tertiary/aromatic N) is 3. The Hall–Kier alpha value is -1.77. The van der Waals surface area contributed by atoms with Gasteiger partial charge in [-0.05, 0) is 26.2 Å². The van der Waals surface area contributed by atoms with E-state index in [2.05, 4.69) is 25.2 Å². The molecule has 3 aliphatic heterocycles. The van der Waals surface area contributed by atoms with E-state index in [1.807, 2.05) is 18.5 Å². The first-order valence-corrected chi connectivity index (χ1v) is 11.0. The molecular formula is C20H27N5O2S. The number of fused-ring (bicyclic) bond motifs is 1. The van der Waals surface area contributed by atoms with Crippen molar-refractivity contribution in [2.45, 2.75) is 50.9 Å². The Bertz CT molecular complexity index is 838. The van der Waals surface area contributed by atoms with Crippen LogP contribution in [0.4, 0.5) is 0 Å². The van der Waals surface area contributed by atoms with Crippen LogP contribution < -0.4 is 5.32 Å². The number of H-pyrrole nitrogens is 1. The second-order valence-electron chi connectivity index (χ2n) is 8.44. The summed E-state index contributed by atoms with van der Waals surface area (Å²) in [6, 6.07) is 0. The van der Waals surface area contributed by atoms with Gasteiger partial charge in [-0.2, -0.15) is 0 Å². The monoisotopic (exact) mass is 401 g/mol. The van der Waals surface area contributed by atoms with Gasteiger partial charge in [0.25, 0.3) is 0 Å². The van der Waals surface area contributed by atoms with Crippen molar-refractivity contribution in [1.82, 2.24) is 25.2 Å². The van der Waals surface area contributed by atoms with E-state index in [1.54, 1.807) is 17.7 Å². The normalized spacial score (nSPS) is 31.4. The minimum Gasteiger partial charge on any atom is -0.370 e. The average Bonchev–Trinajstić information content (AvgIpc) is 3.46. The van der Waals surface area contributed by atoms with Crippen LogP contribution >= 0.6 is 11.3 Å². The van der Waals surface area contributed by atoms with Gasteiger partial charge in [-0.1, -0.05) is 0 Å². The summed E-state index contributed by atoms with van der Waals surface area (Å²) in [5, 5.41) is 6.28. The lowest BCUT2D eigenvalue weighted by atomic mass is 9.73. The van der Waals surface area contributed by atoms with Gasteiger partial charge in [-0.15, -0.1) is 11.3 Å².